The van der Waals surface area contributed by atoms with Crippen molar-refractivity contribution >= 4 is 28.6 Å². The van der Waals surface area contributed by atoms with Crippen LogP contribution in [0.1, 0.15) is 35.5 Å². The third kappa shape index (κ3) is 5.64. The first kappa shape index (κ1) is 32.1. The van der Waals surface area contributed by atoms with Crippen LogP contribution in [-0.2, 0) is 20.6 Å². The van der Waals surface area contributed by atoms with Gasteiger partial charge in [0.2, 0.25) is 11.5 Å². The molecule has 5 rings (SSSR count). The maximum absolute atomic E-state index is 14.7. The summed E-state index contributed by atoms with van der Waals surface area (Å²) in [7, 11) is 0. The summed E-state index contributed by atoms with van der Waals surface area (Å²) in [5.74, 6) is -3.49. The molecule has 1 aliphatic heterocycles. The van der Waals surface area contributed by atoms with Gasteiger partial charge in [-0.3, -0.25) is 19.4 Å². The third-order valence-corrected chi connectivity index (χ3v) is 7.77. The number of hydrogen-bond acceptors (Lipinski definition) is 8. The Morgan fingerprint density at radius 1 is 1.13 bits per heavy atom. The normalized spacial score (nSPS) is 17.8. The van der Waals surface area contributed by atoms with E-state index in [2.05, 4.69) is 15.3 Å². The van der Waals surface area contributed by atoms with Gasteiger partial charge in [-0.25, -0.2) is 9.37 Å². The first-order chi connectivity index (χ1) is 21.5. The fraction of sp³-hybridized carbons (Fsp3) is 0.258. The molecule has 0 fully saturated rings. The molecule has 240 valence electrons. The van der Waals surface area contributed by atoms with Crippen molar-refractivity contribution in [2.24, 2.45) is 11.5 Å². The Hall–Kier alpha value is -5.31. The number of alkyl halides is 3. The lowest BCUT2D eigenvalue weighted by molar-refractivity contribution is -0.265. The van der Waals surface area contributed by atoms with Crippen molar-refractivity contribution in [1.29, 1.82) is 0 Å². The lowest BCUT2D eigenvalue weighted by Crippen LogP contribution is -2.51. The molecule has 0 saturated heterocycles. The molecule has 4 aromatic rings. The van der Waals surface area contributed by atoms with Gasteiger partial charge in [0.25, 0.3) is 11.8 Å². The van der Waals surface area contributed by atoms with Crippen LogP contribution in [0.4, 0.5) is 17.6 Å². The molecule has 11 nitrogen and oxygen atoms in total. The van der Waals surface area contributed by atoms with Crippen LogP contribution in [0.25, 0.3) is 22.2 Å². The van der Waals surface area contributed by atoms with Crippen molar-refractivity contribution < 1.29 is 46.5 Å². The van der Waals surface area contributed by atoms with Gasteiger partial charge in [0.1, 0.15) is 40.5 Å². The van der Waals surface area contributed by atoms with Crippen LogP contribution in [-0.4, -0.2) is 58.2 Å². The molecular weight excluding hydrogens is 614 g/mol. The van der Waals surface area contributed by atoms with E-state index < -0.39 is 59.1 Å². The highest BCUT2D eigenvalue weighted by atomic mass is 19.4. The molecule has 0 radical (unpaired) electrons. The molecule has 15 heteroatoms. The number of amides is 3. The standard InChI is InChI=1S/C31H27F4N5O6/c1-15(26(36)41)46-21-11-18(10-17-4-3-9-38-23(17)21)27(42)39-13-30(44,31(33,34)35)22-12-20-25(45-14-29(20,2)28(37)43)24(40-22)16-5-7-19(32)8-6-16/h3-12,15,44H,13-14H2,1-2H3,(H2,36,41)(H2,37,43)(H,39,42)/t15?,29-,30-/m0/s1. The number of nitrogens with one attached hydrogen (secondary N) is 1. The summed E-state index contributed by atoms with van der Waals surface area (Å²) in [5.41, 5.74) is 4.42. The topological polar surface area (TPSA) is 180 Å². The van der Waals surface area contributed by atoms with Crippen LogP contribution in [0.5, 0.6) is 11.5 Å². The van der Waals surface area contributed by atoms with Crippen LogP contribution < -0.4 is 26.3 Å². The summed E-state index contributed by atoms with van der Waals surface area (Å²) in [5, 5.41) is 13.7. The maximum Gasteiger partial charge on any atom is 0.424 e. The lowest BCUT2D eigenvalue weighted by Gasteiger charge is -2.31. The molecule has 1 aliphatic rings. The monoisotopic (exact) mass is 641 g/mol. The van der Waals surface area contributed by atoms with Gasteiger partial charge in [-0.05, 0) is 62.4 Å². The first-order valence-corrected chi connectivity index (χ1v) is 13.7. The molecule has 46 heavy (non-hydrogen) atoms. The second-order valence-corrected chi connectivity index (χ2v) is 11.0. The number of carbonyl (C=O) groups excluding carboxylic acids is 3. The number of pyridine rings is 2. The van der Waals surface area contributed by atoms with Gasteiger partial charge in [0, 0.05) is 28.3 Å². The van der Waals surface area contributed by atoms with Crippen LogP contribution >= 0.6 is 0 Å². The minimum atomic E-state index is -5.41. The number of halogens is 4. The number of nitrogens with two attached hydrogens (primary N) is 2. The van der Waals surface area contributed by atoms with Gasteiger partial charge in [-0.15, -0.1) is 0 Å². The van der Waals surface area contributed by atoms with Crippen LogP contribution in [0.3, 0.4) is 0 Å². The van der Waals surface area contributed by atoms with Gasteiger partial charge in [0.15, 0.2) is 6.10 Å². The molecule has 3 amide bonds. The van der Waals surface area contributed by atoms with Crippen molar-refractivity contribution in [3.8, 4) is 22.8 Å². The van der Waals surface area contributed by atoms with Gasteiger partial charge >= 0.3 is 6.18 Å². The number of fused-ring (bicyclic) bond motifs is 2. The Morgan fingerprint density at radius 3 is 2.46 bits per heavy atom. The number of nitrogens with zero attached hydrogens (tertiary/aromatic N) is 2. The van der Waals surface area contributed by atoms with E-state index in [9.17, 15) is 37.1 Å². The molecule has 0 aliphatic carbocycles. The number of benzene rings is 2. The quantitative estimate of drug-likeness (QED) is 0.201. The number of hydrogen-bond donors (Lipinski definition) is 4. The zero-order chi connectivity index (χ0) is 33.6. The number of carbonyl (C=O) groups is 3. The third-order valence-electron chi connectivity index (χ3n) is 7.77. The average molecular weight is 642 g/mol. The largest absolute Gasteiger partial charge is 0.489 e. The molecule has 6 N–H and O–H groups in total. The molecule has 0 saturated carbocycles. The van der Waals surface area contributed by atoms with E-state index >= 15 is 0 Å². The Kier molecular flexibility index (Phi) is 8.07. The molecule has 2 aromatic carbocycles. The number of aliphatic hydroxyl groups is 1. The maximum atomic E-state index is 14.7. The summed E-state index contributed by atoms with van der Waals surface area (Å²) in [6.45, 7) is 0.983. The molecule has 3 atom stereocenters. The minimum absolute atomic E-state index is 0.0319. The minimum Gasteiger partial charge on any atom is -0.489 e. The second-order valence-electron chi connectivity index (χ2n) is 11.0. The fourth-order valence-corrected chi connectivity index (χ4v) is 4.88. The number of primary amides is 2. The first-order valence-electron chi connectivity index (χ1n) is 13.7. The molecule has 0 spiro atoms. The molecule has 3 heterocycles. The van der Waals surface area contributed by atoms with Crippen LogP contribution in [0.2, 0.25) is 0 Å². The van der Waals surface area contributed by atoms with Gasteiger partial charge in [0.05, 0.1) is 12.2 Å². The van der Waals surface area contributed by atoms with E-state index in [4.69, 9.17) is 20.9 Å². The average Bonchev–Trinajstić information content (AvgIpc) is 3.36. The Labute approximate surface area is 258 Å². The predicted molar refractivity (Wildman–Crippen MR) is 155 cm³/mol. The zero-order valence-corrected chi connectivity index (χ0v) is 24.3. The van der Waals surface area contributed by atoms with Gasteiger partial charge in [-0.1, -0.05) is 6.07 Å². The summed E-state index contributed by atoms with van der Waals surface area (Å²) in [4.78, 5) is 45.5. The Morgan fingerprint density at radius 2 is 1.83 bits per heavy atom. The predicted octanol–water partition coefficient (Wildman–Crippen LogP) is 3.00. The number of rotatable bonds is 9. The van der Waals surface area contributed by atoms with Gasteiger partial charge < -0.3 is 31.4 Å². The van der Waals surface area contributed by atoms with E-state index in [1.165, 1.54) is 44.3 Å². The number of aromatic nitrogens is 2. The van der Waals surface area contributed by atoms with Crippen molar-refractivity contribution in [2.45, 2.75) is 37.1 Å². The SMILES string of the molecule is CC(Oc1cc(C(=O)NC[C@](O)(c2cc3c(c(-c4ccc(F)cc4)n2)OC[C@]3(C)C(N)=O)C(F)(F)F)cc2cccnc12)C(N)=O. The van der Waals surface area contributed by atoms with Crippen molar-refractivity contribution in [1.82, 2.24) is 15.3 Å². The fourth-order valence-electron chi connectivity index (χ4n) is 4.88. The summed E-state index contributed by atoms with van der Waals surface area (Å²) in [6, 6.07) is 11.1. The summed E-state index contributed by atoms with van der Waals surface area (Å²) < 4.78 is 69.1. The van der Waals surface area contributed by atoms with Crippen molar-refractivity contribution in [3.63, 3.8) is 0 Å². The summed E-state index contributed by atoms with van der Waals surface area (Å²) in [6.07, 6.45) is -5.11. The molecule has 1 unspecified atom stereocenters. The highest BCUT2D eigenvalue weighted by molar-refractivity contribution is 6.00. The van der Waals surface area contributed by atoms with Crippen molar-refractivity contribution in [3.05, 3.63) is 83.4 Å². The highest BCUT2D eigenvalue weighted by Gasteiger charge is 2.57. The number of ether oxygens (including phenoxy) is 2. The molecule has 0 bridgehead atoms. The lowest BCUT2D eigenvalue weighted by atomic mass is 9.81. The van der Waals surface area contributed by atoms with E-state index in [0.29, 0.717) is 5.39 Å². The Bertz CT molecular complexity index is 1870. The van der Waals surface area contributed by atoms with Gasteiger partial charge in [-0.2, -0.15) is 13.2 Å². The van der Waals surface area contributed by atoms with E-state index in [1.54, 1.807) is 12.1 Å². The second kappa shape index (κ2) is 11.6. The van der Waals surface area contributed by atoms with E-state index in [1.807, 2.05) is 0 Å². The highest BCUT2D eigenvalue weighted by Crippen LogP contribution is 2.47. The zero-order valence-electron chi connectivity index (χ0n) is 24.3. The Balaban J connectivity index is 1.57. The molecular formula is C31H27F4N5O6. The van der Waals surface area contributed by atoms with E-state index in [-0.39, 0.29) is 46.0 Å². The van der Waals surface area contributed by atoms with Crippen LogP contribution in [0.15, 0.2) is 60.8 Å². The smallest absolute Gasteiger partial charge is 0.424 e. The summed E-state index contributed by atoms with van der Waals surface area (Å²) >= 11 is 0. The van der Waals surface area contributed by atoms with E-state index in [0.717, 1.165) is 18.2 Å². The molecule has 2 aromatic heterocycles. The van der Waals surface area contributed by atoms with Crippen molar-refractivity contribution in [2.75, 3.05) is 13.2 Å². The van der Waals surface area contributed by atoms with Crippen LogP contribution in [0, 0.1) is 5.82 Å².